The van der Waals surface area contributed by atoms with E-state index in [-0.39, 0.29) is 11.8 Å². The summed E-state index contributed by atoms with van der Waals surface area (Å²) in [5, 5.41) is 10.6. The SMILES string of the molecule is Cc1cc(C)n(CCNC(=O)c2cccc3c2CN(CCC(C)C)CC(=O)NCCCCCO3)n1. The van der Waals surface area contributed by atoms with Gasteiger partial charge in [-0.25, -0.2) is 0 Å². The van der Waals surface area contributed by atoms with Crippen molar-refractivity contribution in [2.24, 2.45) is 5.92 Å². The van der Waals surface area contributed by atoms with Gasteiger partial charge in [0.1, 0.15) is 5.75 Å². The van der Waals surface area contributed by atoms with Gasteiger partial charge in [0.15, 0.2) is 0 Å². The van der Waals surface area contributed by atoms with E-state index in [1.54, 1.807) is 0 Å². The molecule has 2 heterocycles. The third-order valence-electron chi connectivity index (χ3n) is 6.26. The number of carbonyl (C=O) groups is 2. The van der Waals surface area contributed by atoms with Crippen molar-refractivity contribution >= 4 is 11.8 Å². The molecule has 0 atom stereocenters. The van der Waals surface area contributed by atoms with E-state index in [9.17, 15) is 9.59 Å². The van der Waals surface area contributed by atoms with Crippen molar-refractivity contribution in [3.63, 3.8) is 0 Å². The van der Waals surface area contributed by atoms with Crippen molar-refractivity contribution in [3.8, 4) is 5.75 Å². The average Bonchev–Trinajstić information content (AvgIpc) is 3.14. The molecule has 1 aromatic heterocycles. The molecule has 1 aromatic carbocycles. The quantitative estimate of drug-likeness (QED) is 0.630. The maximum absolute atomic E-state index is 13.3. The van der Waals surface area contributed by atoms with Gasteiger partial charge in [0.2, 0.25) is 5.91 Å². The normalized spacial score (nSPS) is 15.9. The highest BCUT2D eigenvalue weighted by Crippen LogP contribution is 2.25. The number of rotatable bonds is 7. The Bertz CT molecular complexity index is 985. The number of benzene rings is 1. The first-order valence-electron chi connectivity index (χ1n) is 12.9. The van der Waals surface area contributed by atoms with Crippen LogP contribution in [0.1, 0.15) is 66.8 Å². The van der Waals surface area contributed by atoms with Gasteiger partial charge in [-0.1, -0.05) is 19.9 Å². The van der Waals surface area contributed by atoms with Crippen LogP contribution in [0.3, 0.4) is 0 Å². The number of fused-ring (bicyclic) bond motifs is 1. The maximum Gasteiger partial charge on any atom is 0.251 e. The van der Waals surface area contributed by atoms with Crippen LogP contribution in [0.4, 0.5) is 0 Å². The van der Waals surface area contributed by atoms with Gasteiger partial charge in [-0.2, -0.15) is 5.10 Å². The monoisotopic (exact) mass is 483 g/mol. The number of nitrogens with zero attached hydrogens (tertiary/aromatic N) is 3. The minimum absolute atomic E-state index is 0.0299. The van der Waals surface area contributed by atoms with Gasteiger partial charge >= 0.3 is 0 Å². The summed E-state index contributed by atoms with van der Waals surface area (Å²) >= 11 is 0. The number of nitrogens with one attached hydrogen (secondary N) is 2. The van der Waals surface area contributed by atoms with Gasteiger partial charge in [0.25, 0.3) is 5.91 Å². The molecule has 0 fully saturated rings. The minimum Gasteiger partial charge on any atom is -0.493 e. The zero-order chi connectivity index (χ0) is 25.2. The lowest BCUT2D eigenvalue weighted by Crippen LogP contribution is -2.38. The van der Waals surface area contributed by atoms with E-state index in [0.717, 1.165) is 54.9 Å². The Hall–Kier alpha value is -2.87. The molecule has 35 heavy (non-hydrogen) atoms. The van der Waals surface area contributed by atoms with Crippen molar-refractivity contribution in [1.29, 1.82) is 0 Å². The van der Waals surface area contributed by atoms with Gasteiger partial charge in [-0.15, -0.1) is 0 Å². The minimum atomic E-state index is -0.135. The van der Waals surface area contributed by atoms with Crippen LogP contribution in [0, 0.1) is 19.8 Å². The highest BCUT2D eigenvalue weighted by atomic mass is 16.5. The van der Waals surface area contributed by atoms with Crippen LogP contribution in [-0.2, 0) is 17.9 Å². The number of amides is 2. The van der Waals surface area contributed by atoms with Crippen molar-refractivity contribution in [3.05, 3.63) is 46.8 Å². The molecule has 3 rings (SSSR count). The second-order valence-electron chi connectivity index (χ2n) is 9.84. The van der Waals surface area contributed by atoms with Crippen LogP contribution in [0.15, 0.2) is 24.3 Å². The van der Waals surface area contributed by atoms with Gasteiger partial charge in [-0.3, -0.25) is 19.2 Å². The Morgan fingerprint density at radius 2 is 2.00 bits per heavy atom. The molecule has 0 bridgehead atoms. The number of hydrogen-bond donors (Lipinski definition) is 2. The first kappa shape index (κ1) is 26.7. The fourth-order valence-electron chi connectivity index (χ4n) is 4.30. The molecular weight excluding hydrogens is 442 g/mol. The van der Waals surface area contributed by atoms with Crippen molar-refractivity contribution in [2.45, 2.75) is 66.5 Å². The third-order valence-corrected chi connectivity index (χ3v) is 6.26. The first-order valence-corrected chi connectivity index (χ1v) is 12.9. The molecule has 0 spiro atoms. The summed E-state index contributed by atoms with van der Waals surface area (Å²) in [5.41, 5.74) is 3.48. The molecule has 2 amide bonds. The second-order valence-corrected chi connectivity index (χ2v) is 9.84. The molecule has 0 saturated heterocycles. The lowest BCUT2D eigenvalue weighted by Gasteiger charge is -2.25. The topological polar surface area (TPSA) is 88.5 Å². The zero-order valence-corrected chi connectivity index (χ0v) is 21.7. The van der Waals surface area contributed by atoms with Crippen molar-refractivity contribution < 1.29 is 14.3 Å². The summed E-state index contributed by atoms with van der Waals surface area (Å²) in [6, 6.07) is 7.68. The van der Waals surface area contributed by atoms with Crippen LogP contribution in [0.2, 0.25) is 0 Å². The molecular formula is C27H41N5O3. The Labute approximate surface area is 209 Å². The largest absolute Gasteiger partial charge is 0.493 e. The summed E-state index contributed by atoms with van der Waals surface area (Å²) in [5.74, 6) is 1.14. The van der Waals surface area contributed by atoms with Crippen molar-refractivity contribution in [1.82, 2.24) is 25.3 Å². The summed E-state index contributed by atoms with van der Waals surface area (Å²) in [6.07, 6.45) is 3.80. The molecule has 2 N–H and O–H groups in total. The fraction of sp³-hybridized carbons (Fsp3) is 0.593. The highest BCUT2D eigenvalue weighted by molar-refractivity contribution is 5.96. The predicted molar refractivity (Wildman–Crippen MR) is 138 cm³/mol. The van der Waals surface area contributed by atoms with E-state index >= 15 is 0 Å². The van der Waals surface area contributed by atoms with Crippen LogP contribution in [-0.4, -0.2) is 59.3 Å². The number of aryl methyl sites for hydroxylation is 2. The molecule has 2 aromatic rings. The van der Waals surface area contributed by atoms with Crippen LogP contribution in [0.25, 0.3) is 0 Å². The number of carbonyl (C=O) groups excluding carboxylic acids is 2. The van der Waals surface area contributed by atoms with Gasteiger partial charge in [-0.05, 0) is 70.2 Å². The van der Waals surface area contributed by atoms with E-state index in [4.69, 9.17) is 4.74 Å². The molecule has 0 saturated carbocycles. The number of aromatic nitrogens is 2. The fourth-order valence-corrected chi connectivity index (χ4v) is 4.30. The van der Waals surface area contributed by atoms with E-state index in [1.165, 1.54) is 0 Å². The Balaban J connectivity index is 1.80. The van der Waals surface area contributed by atoms with Gasteiger partial charge in [0.05, 0.1) is 25.4 Å². The molecule has 1 aliphatic rings. The van der Waals surface area contributed by atoms with Crippen LogP contribution in [0.5, 0.6) is 5.75 Å². The molecule has 8 heteroatoms. The molecule has 0 aliphatic carbocycles. The van der Waals surface area contributed by atoms with E-state index in [0.29, 0.717) is 50.8 Å². The third kappa shape index (κ3) is 8.38. The molecule has 8 nitrogen and oxygen atoms in total. The summed E-state index contributed by atoms with van der Waals surface area (Å²) in [4.78, 5) is 28.0. The highest BCUT2D eigenvalue weighted by Gasteiger charge is 2.21. The molecule has 0 unspecified atom stereocenters. The van der Waals surface area contributed by atoms with Crippen LogP contribution >= 0.6 is 0 Å². The first-order chi connectivity index (χ1) is 16.8. The Morgan fingerprint density at radius 1 is 1.17 bits per heavy atom. The van der Waals surface area contributed by atoms with Gasteiger partial charge < -0.3 is 15.4 Å². The maximum atomic E-state index is 13.3. The lowest BCUT2D eigenvalue weighted by atomic mass is 10.0. The van der Waals surface area contributed by atoms with Crippen LogP contribution < -0.4 is 15.4 Å². The van der Waals surface area contributed by atoms with E-state index in [1.807, 2.05) is 42.8 Å². The molecule has 1 aliphatic heterocycles. The van der Waals surface area contributed by atoms with E-state index in [2.05, 4.69) is 34.5 Å². The smallest absolute Gasteiger partial charge is 0.251 e. The Kier molecular flexibility index (Phi) is 10.1. The summed E-state index contributed by atoms with van der Waals surface area (Å²) in [7, 11) is 0. The van der Waals surface area contributed by atoms with E-state index < -0.39 is 0 Å². The zero-order valence-electron chi connectivity index (χ0n) is 21.7. The number of ether oxygens (including phenoxy) is 1. The summed E-state index contributed by atoms with van der Waals surface area (Å²) < 4.78 is 8.07. The standard InChI is InChI=1S/C27H41N5O3/c1-20(2)11-14-31-18-24-23(27(34)29-13-15-32-22(4)17-21(3)30-32)9-8-10-25(24)35-16-7-5-6-12-28-26(33)19-31/h8-10,17,20H,5-7,11-16,18-19H2,1-4H3,(H,28,33)(H,29,34). The van der Waals surface area contributed by atoms with Crippen molar-refractivity contribution in [2.75, 3.05) is 32.8 Å². The second kappa shape index (κ2) is 13.3. The molecule has 192 valence electrons. The number of hydrogen-bond acceptors (Lipinski definition) is 5. The predicted octanol–water partition coefficient (Wildman–Crippen LogP) is 3.46. The molecule has 0 radical (unpaired) electrons. The van der Waals surface area contributed by atoms with Gasteiger partial charge in [0, 0.05) is 36.5 Å². The Morgan fingerprint density at radius 3 is 2.74 bits per heavy atom. The lowest BCUT2D eigenvalue weighted by molar-refractivity contribution is -0.122. The summed E-state index contributed by atoms with van der Waals surface area (Å²) in [6.45, 7) is 12.3. The average molecular weight is 484 g/mol.